The van der Waals surface area contributed by atoms with Gasteiger partial charge in [0.25, 0.3) is 0 Å². The highest BCUT2D eigenvalue weighted by Crippen LogP contribution is 2.35. The van der Waals surface area contributed by atoms with Crippen molar-refractivity contribution in [3.63, 3.8) is 0 Å². The van der Waals surface area contributed by atoms with E-state index in [1.807, 2.05) is 19.0 Å². The molecule has 1 amide bonds. The van der Waals surface area contributed by atoms with Gasteiger partial charge in [-0.15, -0.1) is 0 Å². The Bertz CT molecular complexity index is 1230. The fourth-order valence-electron chi connectivity index (χ4n) is 3.62. The summed E-state index contributed by atoms with van der Waals surface area (Å²) in [5.74, 6) is 1.12. The van der Waals surface area contributed by atoms with Crippen LogP contribution < -0.4 is 15.4 Å². The van der Waals surface area contributed by atoms with E-state index in [-0.39, 0.29) is 10.9 Å². The van der Waals surface area contributed by atoms with Gasteiger partial charge in [0.2, 0.25) is 5.91 Å². The Morgan fingerprint density at radius 1 is 1.26 bits per heavy atom. The molecule has 35 heavy (non-hydrogen) atoms. The summed E-state index contributed by atoms with van der Waals surface area (Å²) in [5.41, 5.74) is 1.75. The van der Waals surface area contributed by atoms with Crippen LogP contribution in [0.1, 0.15) is 25.7 Å². The minimum absolute atomic E-state index is 0.00714. The fourth-order valence-corrected chi connectivity index (χ4v) is 3.80. The van der Waals surface area contributed by atoms with Gasteiger partial charge in [-0.05, 0) is 57.1 Å². The summed E-state index contributed by atoms with van der Waals surface area (Å²) in [4.78, 5) is 23.3. The van der Waals surface area contributed by atoms with Crippen molar-refractivity contribution >= 4 is 45.6 Å². The number of hydrogen-bond acceptors (Lipinski definition) is 6. The molecule has 2 aromatic carbocycles. The van der Waals surface area contributed by atoms with Gasteiger partial charge in [-0.1, -0.05) is 30.5 Å². The number of ether oxygens (including phenoxy) is 1. The van der Waals surface area contributed by atoms with Crippen LogP contribution in [-0.4, -0.2) is 48.0 Å². The van der Waals surface area contributed by atoms with Crippen LogP contribution >= 0.6 is 11.6 Å². The number of aromatic nitrogens is 2. The molecule has 0 aliphatic heterocycles. The summed E-state index contributed by atoms with van der Waals surface area (Å²) in [6.07, 6.45) is 9.46. The monoisotopic (exact) mass is 497 g/mol. The van der Waals surface area contributed by atoms with Crippen LogP contribution in [0.5, 0.6) is 5.75 Å². The Labute approximate surface area is 209 Å². The summed E-state index contributed by atoms with van der Waals surface area (Å²) in [7, 11) is 3.87. The number of benzene rings is 2. The Kier molecular flexibility index (Phi) is 8.15. The number of likely N-dealkylation sites (N-methyl/N-ethyl adjacent to an activating group) is 1. The van der Waals surface area contributed by atoms with Crippen molar-refractivity contribution in [3.8, 4) is 5.75 Å². The fraction of sp³-hybridized carbons (Fsp3) is 0.346. The molecule has 1 fully saturated rings. The number of amides is 1. The maximum atomic E-state index is 13.6. The van der Waals surface area contributed by atoms with Crippen molar-refractivity contribution in [2.45, 2.75) is 25.7 Å². The maximum absolute atomic E-state index is 13.6. The molecule has 184 valence electrons. The molecular formula is C26H29ClFN5O2. The van der Waals surface area contributed by atoms with Gasteiger partial charge in [-0.3, -0.25) is 4.79 Å². The topological polar surface area (TPSA) is 79.4 Å². The normalized spacial score (nSPS) is 13.5. The van der Waals surface area contributed by atoms with Crippen molar-refractivity contribution in [3.05, 3.63) is 59.7 Å². The molecule has 4 rings (SSSR count). The number of hydrogen-bond donors (Lipinski definition) is 2. The Morgan fingerprint density at radius 3 is 2.83 bits per heavy atom. The summed E-state index contributed by atoms with van der Waals surface area (Å²) in [6, 6.07) is 7.94. The van der Waals surface area contributed by atoms with E-state index < -0.39 is 5.82 Å². The smallest absolute Gasteiger partial charge is 0.248 e. The molecular weight excluding hydrogens is 469 g/mol. The number of carbonyl (C=O) groups is 1. The average molecular weight is 498 g/mol. The van der Waals surface area contributed by atoms with Gasteiger partial charge in [0.15, 0.2) is 0 Å². The van der Waals surface area contributed by atoms with Crippen LogP contribution in [0.2, 0.25) is 5.02 Å². The molecule has 0 spiro atoms. The molecule has 0 atom stereocenters. The molecule has 1 aliphatic rings. The van der Waals surface area contributed by atoms with Crippen LogP contribution in [0.3, 0.4) is 0 Å². The van der Waals surface area contributed by atoms with E-state index in [9.17, 15) is 9.18 Å². The van der Waals surface area contributed by atoms with Gasteiger partial charge in [0.05, 0.1) is 22.8 Å². The molecule has 0 bridgehead atoms. The van der Waals surface area contributed by atoms with Crippen LogP contribution in [0, 0.1) is 11.7 Å². The van der Waals surface area contributed by atoms with E-state index in [2.05, 4.69) is 20.6 Å². The summed E-state index contributed by atoms with van der Waals surface area (Å²) in [5, 5.41) is 6.76. The van der Waals surface area contributed by atoms with E-state index in [1.54, 1.807) is 24.3 Å². The van der Waals surface area contributed by atoms with E-state index >= 15 is 0 Å². The predicted octanol–water partition coefficient (Wildman–Crippen LogP) is 5.79. The number of nitrogens with zero attached hydrogens (tertiary/aromatic N) is 3. The highest BCUT2D eigenvalue weighted by Gasteiger charge is 2.20. The van der Waals surface area contributed by atoms with Crippen molar-refractivity contribution < 1.29 is 13.9 Å². The third-order valence-electron chi connectivity index (χ3n) is 5.63. The third-order valence-corrected chi connectivity index (χ3v) is 5.92. The van der Waals surface area contributed by atoms with Crippen molar-refractivity contribution in [1.29, 1.82) is 0 Å². The minimum Gasteiger partial charge on any atom is -0.491 e. The number of fused-ring (bicyclic) bond motifs is 1. The lowest BCUT2D eigenvalue weighted by atomic mass is 10.1. The molecule has 0 radical (unpaired) electrons. The lowest BCUT2D eigenvalue weighted by Crippen LogP contribution is -2.13. The molecule has 1 saturated carbocycles. The highest BCUT2D eigenvalue weighted by molar-refractivity contribution is 6.31. The molecule has 1 aliphatic carbocycles. The van der Waals surface area contributed by atoms with Gasteiger partial charge < -0.3 is 20.3 Å². The number of halogens is 2. The lowest BCUT2D eigenvalue weighted by Gasteiger charge is -2.15. The Balaban J connectivity index is 1.61. The standard InChI is InChI=1S/C26H29ClFN5O2/c1-33(2)11-3-6-25(34)32-23-14-19-22(15-24(23)35-12-4-5-17-7-8-17)29-16-30-26(19)31-18-9-10-21(28)20(27)13-18/h3,6,9-10,13-17H,4-5,7-8,11-12H2,1-2H3,(H,32,34)(H,29,30,31)/b6-3+. The second-order valence-corrected chi connectivity index (χ2v) is 9.34. The molecule has 2 N–H and O–H groups in total. The highest BCUT2D eigenvalue weighted by atomic mass is 35.5. The van der Waals surface area contributed by atoms with E-state index in [1.165, 1.54) is 37.4 Å². The van der Waals surface area contributed by atoms with Crippen LogP contribution in [-0.2, 0) is 4.79 Å². The van der Waals surface area contributed by atoms with E-state index in [0.717, 1.165) is 18.8 Å². The first kappa shape index (κ1) is 24.9. The van der Waals surface area contributed by atoms with Gasteiger partial charge in [-0.25, -0.2) is 14.4 Å². The van der Waals surface area contributed by atoms with E-state index in [0.29, 0.717) is 47.0 Å². The van der Waals surface area contributed by atoms with Crippen LogP contribution in [0.25, 0.3) is 10.9 Å². The number of rotatable bonds is 11. The Hall–Kier alpha value is -3.23. The number of anilines is 3. The Morgan fingerprint density at radius 2 is 2.09 bits per heavy atom. The van der Waals surface area contributed by atoms with E-state index in [4.69, 9.17) is 16.3 Å². The van der Waals surface area contributed by atoms with Gasteiger partial charge in [-0.2, -0.15) is 0 Å². The number of nitrogens with one attached hydrogen (secondary N) is 2. The maximum Gasteiger partial charge on any atom is 0.248 e. The summed E-state index contributed by atoms with van der Waals surface area (Å²) in [6.45, 7) is 1.21. The number of carbonyl (C=O) groups excluding carboxylic acids is 1. The molecule has 1 heterocycles. The van der Waals surface area contributed by atoms with Crippen molar-refractivity contribution in [2.75, 3.05) is 37.9 Å². The largest absolute Gasteiger partial charge is 0.491 e. The molecule has 7 nitrogen and oxygen atoms in total. The predicted molar refractivity (Wildman–Crippen MR) is 138 cm³/mol. The summed E-state index contributed by atoms with van der Waals surface area (Å²) < 4.78 is 19.6. The molecule has 3 aromatic rings. The zero-order chi connectivity index (χ0) is 24.8. The second kappa shape index (κ2) is 11.5. The zero-order valence-corrected chi connectivity index (χ0v) is 20.6. The SMILES string of the molecule is CN(C)C/C=C/C(=O)Nc1cc2c(Nc3ccc(F)c(Cl)c3)ncnc2cc1OCCCC1CC1. The second-order valence-electron chi connectivity index (χ2n) is 8.93. The first-order valence-corrected chi connectivity index (χ1v) is 12.0. The molecule has 0 unspecified atom stereocenters. The van der Waals surface area contributed by atoms with Crippen molar-refractivity contribution in [1.82, 2.24) is 14.9 Å². The van der Waals surface area contributed by atoms with Gasteiger partial charge in [0, 0.05) is 29.8 Å². The van der Waals surface area contributed by atoms with Gasteiger partial charge in [0.1, 0.15) is 23.7 Å². The quantitative estimate of drug-likeness (QED) is 0.258. The van der Waals surface area contributed by atoms with Crippen molar-refractivity contribution in [2.24, 2.45) is 5.92 Å². The molecule has 9 heteroatoms. The zero-order valence-electron chi connectivity index (χ0n) is 19.9. The first-order chi connectivity index (χ1) is 16.9. The minimum atomic E-state index is -0.499. The molecule has 0 saturated heterocycles. The van der Waals surface area contributed by atoms with Crippen LogP contribution in [0.15, 0.2) is 48.8 Å². The molecule has 1 aromatic heterocycles. The van der Waals surface area contributed by atoms with Crippen LogP contribution in [0.4, 0.5) is 21.6 Å². The van der Waals surface area contributed by atoms with Gasteiger partial charge >= 0.3 is 0 Å². The summed E-state index contributed by atoms with van der Waals surface area (Å²) >= 11 is 5.93. The lowest BCUT2D eigenvalue weighted by molar-refractivity contribution is -0.111. The third kappa shape index (κ3) is 7.13. The first-order valence-electron chi connectivity index (χ1n) is 11.6. The average Bonchev–Trinajstić information content (AvgIpc) is 3.64.